The van der Waals surface area contributed by atoms with E-state index in [1.807, 2.05) is 92.7 Å². The van der Waals surface area contributed by atoms with Crippen molar-refractivity contribution >= 4 is 29.2 Å². The third kappa shape index (κ3) is 5.60. The van der Waals surface area contributed by atoms with Gasteiger partial charge in [-0.15, -0.1) is 0 Å². The summed E-state index contributed by atoms with van der Waals surface area (Å²) >= 11 is 0. The van der Waals surface area contributed by atoms with Crippen molar-refractivity contribution in [1.29, 1.82) is 0 Å². The molecule has 3 aromatic carbocycles. The summed E-state index contributed by atoms with van der Waals surface area (Å²) in [6.45, 7) is 5.70. The molecule has 202 valence electrons. The van der Waals surface area contributed by atoms with Gasteiger partial charge < -0.3 is 25.3 Å². The van der Waals surface area contributed by atoms with Gasteiger partial charge in [0.2, 0.25) is 5.91 Å². The van der Waals surface area contributed by atoms with E-state index in [-0.39, 0.29) is 24.4 Å². The summed E-state index contributed by atoms with van der Waals surface area (Å²) in [6.07, 6.45) is 0.990. The number of piperidine rings is 1. The van der Waals surface area contributed by atoms with E-state index in [0.717, 1.165) is 28.1 Å². The van der Waals surface area contributed by atoms with Crippen LogP contribution >= 0.6 is 0 Å². The van der Waals surface area contributed by atoms with Crippen molar-refractivity contribution in [3.63, 3.8) is 0 Å². The molecular formula is C31H35N5O3. The number of likely N-dealkylation sites (tertiary alicyclic amines) is 1. The van der Waals surface area contributed by atoms with Crippen LogP contribution in [0.1, 0.15) is 29.5 Å². The number of nitrogens with one attached hydrogen (secondary N) is 2. The van der Waals surface area contributed by atoms with Gasteiger partial charge in [-0.2, -0.15) is 0 Å². The van der Waals surface area contributed by atoms with Gasteiger partial charge >= 0.3 is 6.03 Å². The van der Waals surface area contributed by atoms with E-state index < -0.39 is 5.54 Å². The second kappa shape index (κ2) is 11.2. The van der Waals surface area contributed by atoms with E-state index in [2.05, 4.69) is 15.5 Å². The summed E-state index contributed by atoms with van der Waals surface area (Å²) in [5.74, 6) is -0.291. The largest absolute Gasteiger partial charge is 0.339 e. The zero-order valence-electron chi connectivity index (χ0n) is 22.5. The highest BCUT2D eigenvalue weighted by molar-refractivity contribution is 5.99. The minimum Gasteiger partial charge on any atom is -0.339 e. The number of rotatable bonds is 6. The van der Waals surface area contributed by atoms with Gasteiger partial charge in [0.05, 0.1) is 6.67 Å². The van der Waals surface area contributed by atoms with Crippen LogP contribution in [0.2, 0.25) is 0 Å². The third-order valence-electron chi connectivity index (χ3n) is 7.87. The summed E-state index contributed by atoms with van der Waals surface area (Å²) in [7, 11) is 0. The predicted molar refractivity (Wildman–Crippen MR) is 152 cm³/mol. The van der Waals surface area contributed by atoms with Crippen LogP contribution in [0.5, 0.6) is 0 Å². The van der Waals surface area contributed by atoms with Crippen LogP contribution in [0, 0.1) is 13.8 Å². The Bertz CT molecular complexity index is 1340. The van der Waals surface area contributed by atoms with Gasteiger partial charge in [-0.25, -0.2) is 4.79 Å². The number of benzene rings is 3. The van der Waals surface area contributed by atoms with E-state index in [1.165, 1.54) is 0 Å². The molecule has 0 bridgehead atoms. The number of anilines is 2. The highest BCUT2D eigenvalue weighted by Gasteiger charge is 2.54. The fourth-order valence-electron chi connectivity index (χ4n) is 5.48. The molecule has 39 heavy (non-hydrogen) atoms. The minimum absolute atomic E-state index is 0.0296. The van der Waals surface area contributed by atoms with Crippen molar-refractivity contribution in [2.24, 2.45) is 0 Å². The Balaban J connectivity index is 1.27. The molecule has 0 unspecified atom stereocenters. The van der Waals surface area contributed by atoms with Crippen molar-refractivity contribution in [2.45, 2.75) is 38.8 Å². The zero-order chi connectivity index (χ0) is 27.4. The SMILES string of the molecule is Cc1ccc(NC(=O)CN2CN(c3ccccc3)C3(CCN(C(=O)NCc4ccccc4)CC3)C2=O)cc1C. The molecule has 0 aromatic heterocycles. The summed E-state index contributed by atoms with van der Waals surface area (Å²) in [6, 6.07) is 25.3. The first kappa shape index (κ1) is 26.3. The van der Waals surface area contributed by atoms with Crippen LogP contribution < -0.4 is 15.5 Å². The molecule has 0 radical (unpaired) electrons. The molecule has 4 amide bonds. The number of hydrogen-bond donors (Lipinski definition) is 2. The fraction of sp³-hybridized carbons (Fsp3) is 0.323. The minimum atomic E-state index is -0.793. The predicted octanol–water partition coefficient (Wildman–Crippen LogP) is 4.29. The summed E-state index contributed by atoms with van der Waals surface area (Å²) in [4.78, 5) is 45.3. The molecule has 2 heterocycles. The van der Waals surface area contributed by atoms with Crippen molar-refractivity contribution in [3.8, 4) is 0 Å². The van der Waals surface area contributed by atoms with Crippen LogP contribution in [0.15, 0.2) is 78.9 Å². The number of carbonyl (C=O) groups is 3. The molecule has 0 atom stereocenters. The molecule has 2 saturated heterocycles. The number of para-hydroxylation sites is 1. The molecule has 2 fully saturated rings. The number of hydrogen-bond acceptors (Lipinski definition) is 4. The summed E-state index contributed by atoms with van der Waals surface area (Å²) in [5, 5.41) is 5.93. The lowest BCUT2D eigenvalue weighted by Crippen LogP contribution is -2.58. The molecule has 0 aliphatic carbocycles. The van der Waals surface area contributed by atoms with Gasteiger partial charge in [0, 0.05) is 31.0 Å². The van der Waals surface area contributed by atoms with E-state index in [1.54, 1.807) is 9.80 Å². The summed E-state index contributed by atoms with van der Waals surface area (Å²) in [5.41, 5.74) is 4.15. The summed E-state index contributed by atoms with van der Waals surface area (Å²) < 4.78 is 0. The molecule has 2 aliphatic heterocycles. The maximum atomic E-state index is 13.9. The molecule has 0 saturated carbocycles. The van der Waals surface area contributed by atoms with Gasteiger partial charge in [0.15, 0.2) is 0 Å². The van der Waals surface area contributed by atoms with E-state index in [9.17, 15) is 14.4 Å². The fourth-order valence-corrected chi connectivity index (χ4v) is 5.48. The maximum absolute atomic E-state index is 13.9. The first-order chi connectivity index (χ1) is 18.9. The van der Waals surface area contributed by atoms with E-state index in [0.29, 0.717) is 39.1 Å². The molecule has 8 nitrogen and oxygen atoms in total. The van der Waals surface area contributed by atoms with Gasteiger partial charge in [-0.1, -0.05) is 54.6 Å². The lowest BCUT2D eigenvalue weighted by Gasteiger charge is -2.43. The number of aryl methyl sites for hydroxylation is 2. The van der Waals surface area contributed by atoms with Gasteiger partial charge in [0.1, 0.15) is 12.1 Å². The van der Waals surface area contributed by atoms with Crippen molar-refractivity contribution in [1.82, 2.24) is 15.1 Å². The average Bonchev–Trinajstić information content (AvgIpc) is 3.21. The molecule has 5 rings (SSSR count). The Morgan fingerprint density at radius 1 is 0.872 bits per heavy atom. The molecule has 1 spiro atoms. The van der Waals surface area contributed by atoms with Crippen LogP contribution in [-0.4, -0.2) is 59.5 Å². The van der Waals surface area contributed by atoms with Crippen LogP contribution in [0.3, 0.4) is 0 Å². The molecule has 3 aromatic rings. The second-order valence-electron chi connectivity index (χ2n) is 10.4. The molecule has 2 aliphatic rings. The Morgan fingerprint density at radius 3 is 2.21 bits per heavy atom. The first-order valence-electron chi connectivity index (χ1n) is 13.4. The third-order valence-corrected chi connectivity index (χ3v) is 7.87. The topological polar surface area (TPSA) is 85.0 Å². The Kier molecular flexibility index (Phi) is 7.54. The average molecular weight is 526 g/mol. The first-order valence-corrected chi connectivity index (χ1v) is 13.4. The normalized spacial score (nSPS) is 16.5. The standard InChI is InChI=1S/C31H35N5O3/c1-23-13-14-26(19-24(23)2)33-28(37)21-35-22-36(27-11-7-4-8-12-27)31(29(35)38)15-17-34(18-16-31)30(39)32-20-25-9-5-3-6-10-25/h3-14,19H,15-18,20-22H2,1-2H3,(H,32,39)(H,33,37). The lowest BCUT2D eigenvalue weighted by atomic mass is 9.85. The van der Waals surface area contributed by atoms with Crippen molar-refractivity contribution < 1.29 is 14.4 Å². The van der Waals surface area contributed by atoms with E-state index >= 15 is 0 Å². The number of urea groups is 1. The van der Waals surface area contributed by atoms with Crippen molar-refractivity contribution in [3.05, 3.63) is 95.6 Å². The van der Waals surface area contributed by atoms with Gasteiger partial charge in [-0.05, 0) is 67.6 Å². The van der Waals surface area contributed by atoms with E-state index in [4.69, 9.17) is 0 Å². The zero-order valence-corrected chi connectivity index (χ0v) is 22.5. The highest BCUT2D eigenvalue weighted by atomic mass is 16.2. The molecule has 2 N–H and O–H groups in total. The van der Waals surface area contributed by atoms with Crippen molar-refractivity contribution in [2.75, 3.05) is 36.5 Å². The Morgan fingerprint density at radius 2 is 1.54 bits per heavy atom. The quantitative estimate of drug-likeness (QED) is 0.503. The van der Waals surface area contributed by atoms with Gasteiger partial charge in [-0.3, -0.25) is 9.59 Å². The maximum Gasteiger partial charge on any atom is 0.317 e. The number of nitrogens with zero attached hydrogens (tertiary/aromatic N) is 3. The van der Waals surface area contributed by atoms with Crippen LogP contribution in [0.4, 0.5) is 16.2 Å². The Labute approximate surface area is 229 Å². The van der Waals surface area contributed by atoms with Crippen LogP contribution in [-0.2, 0) is 16.1 Å². The smallest absolute Gasteiger partial charge is 0.317 e. The monoisotopic (exact) mass is 525 g/mol. The lowest BCUT2D eigenvalue weighted by molar-refractivity contribution is -0.136. The van der Waals surface area contributed by atoms with Gasteiger partial charge in [0.25, 0.3) is 5.91 Å². The molecule has 8 heteroatoms. The molecular weight excluding hydrogens is 490 g/mol. The number of amides is 4. The highest BCUT2D eigenvalue weighted by Crippen LogP contribution is 2.39. The number of carbonyl (C=O) groups excluding carboxylic acids is 3. The Hall–Kier alpha value is -4.33. The second-order valence-corrected chi connectivity index (χ2v) is 10.4. The van der Waals surface area contributed by atoms with Crippen LogP contribution in [0.25, 0.3) is 0 Å².